The van der Waals surface area contributed by atoms with Gasteiger partial charge in [-0.1, -0.05) is 170 Å². The minimum Gasteiger partial charge on any atom is -0.450 e. The van der Waals surface area contributed by atoms with E-state index in [-0.39, 0.29) is 5.92 Å². The zero-order valence-corrected chi connectivity index (χ0v) is 34.7. The van der Waals surface area contributed by atoms with Gasteiger partial charge in [-0.3, -0.25) is 4.57 Å². The van der Waals surface area contributed by atoms with Crippen LogP contribution in [0.2, 0.25) is 0 Å². The fourth-order valence-electron chi connectivity index (χ4n) is 10.8. The molecule has 4 nitrogen and oxygen atoms in total. The fourth-order valence-corrected chi connectivity index (χ4v) is 10.8. The van der Waals surface area contributed by atoms with Crippen LogP contribution in [0.25, 0.3) is 117 Å². The topological polar surface area (TPSA) is 43.9 Å². The molecule has 0 saturated heterocycles. The molecule has 2 bridgehead atoms. The average Bonchev–Trinajstić information content (AvgIpc) is 3.91. The molecule has 4 heteroatoms. The van der Waals surface area contributed by atoms with Gasteiger partial charge in [0.1, 0.15) is 11.1 Å². The van der Waals surface area contributed by atoms with Crippen LogP contribution in [0.15, 0.2) is 211 Å². The lowest BCUT2D eigenvalue weighted by molar-refractivity contribution is 0.662. The van der Waals surface area contributed by atoms with Crippen LogP contribution in [0.3, 0.4) is 0 Å². The molecular weight excluding hydrogens is 779 g/mol. The predicted octanol–water partition coefficient (Wildman–Crippen LogP) is 15.5. The van der Waals surface area contributed by atoms with Gasteiger partial charge >= 0.3 is 0 Å². The fraction of sp³-hybridized carbons (Fsp3) is 0.0333. The second-order valence-electron chi connectivity index (χ2n) is 17.2. The molecule has 1 atom stereocenters. The van der Waals surface area contributed by atoms with Crippen molar-refractivity contribution in [3.63, 3.8) is 0 Å². The number of aromatic nitrogens is 3. The zero-order chi connectivity index (χ0) is 41.9. The van der Waals surface area contributed by atoms with Gasteiger partial charge in [0.25, 0.3) is 0 Å². The Morgan fingerprint density at radius 2 is 1.03 bits per heavy atom. The number of fused-ring (bicyclic) bond motifs is 14. The maximum atomic E-state index is 6.87. The molecule has 0 aliphatic heterocycles. The van der Waals surface area contributed by atoms with Crippen molar-refractivity contribution in [2.45, 2.75) is 12.3 Å². The van der Waals surface area contributed by atoms with E-state index in [1.165, 1.54) is 77.5 Å². The Kier molecular flexibility index (Phi) is 7.48. The Morgan fingerprint density at radius 3 is 1.80 bits per heavy atom. The SMILES string of the molecule is c1ccc(-c2ccc(-c3nc(-n4c5ccc(-c6ccccc6)cc5c5c6c7c(cc54)-c4cc(-c5ccccc5)ccc4C(C7)c4ccccc4-6)c4oc5ccccc5c4n3)cc2)cc1. The van der Waals surface area contributed by atoms with Crippen molar-refractivity contribution in [3.8, 4) is 72.8 Å². The maximum absolute atomic E-state index is 6.87. The molecule has 14 rings (SSSR count). The van der Waals surface area contributed by atoms with Crippen molar-refractivity contribution >= 4 is 43.9 Å². The number of rotatable bonds is 5. The van der Waals surface area contributed by atoms with Crippen molar-refractivity contribution in [3.05, 3.63) is 223 Å². The monoisotopic (exact) mass is 815 g/mol. The van der Waals surface area contributed by atoms with Crippen LogP contribution in [0.1, 0.15) is 22.6 Å². The normalized spacial score (nSPS) is 13.7. The summed E-state index contributed by atoms with van der Waals surface area (Å²) in [5.74, 6) is 1.64. The number of furan rings is 1. The maximum Gasteiger partial charge on any atom is 0.197 e. The molecule has 1 unspecified atom stereocenters. The number of nitrogens with zero attached hydrogens (tertiary/aromatic N) is 3. The van der Waals surface area contributed by atoms with Gasteiger partial charge in [-0.15, -0.1) is 0 Å². The Morgan fingerprint density at radius 1 is 0.438 bits per heavy atom. The summed E-state index contributed by atoms with van der Waals surface area (Å²) < 4.78 is 9.24. The minimum atomic E-state index is 0.273. The van der Waals surface area contributed by atoms with Crippen molar-refractivity contribution in [2.24, 2.45) is 0 Å². The highest BCUT2D eigenvalue weighted by atomic mass is 16.3. The summed E-state index contributed by atoms with van der Waals surface area (Å²) in [4.78, 5) is 10.9. The lowest BCUT2D eigenvalue weighted by atomic mass is 9.67. The van der Waals surface area contributed by atoms with E-state index in [0.29, 0.717) is 11.4 Å². The van der Waals surface area contributed by atoms with Gasteiger partial charge in [0.05, 0.1) is 11.0 Å². The summed E-state index contributed by atoms with van der Waals surface area (Å²) in [6, 6.07) is 74.4. The van der Waals surface area contributed by atoms with Gasteiger partial charge in [-0.25, -0.2) is 9.97 Å². The molecule has 0 spiro atoms. The first-order valence-corrected chi connectivity index (χ1v) is 22.1. The molecule has 0 fully saturated rings. The van der Waals surface area contributed by atoms with E-state index >= 15 is 0 Å². The largest absolute Gasteiger partial charge is 0.450 e. The van der Waals surface area contributed by atoms with E-state index in [1.807, 2.05) is 12.1 Å². The van der Waals surface area contributed by atoms with Crippen LogP contribution in [0.5, 0.6) is 0 Å². The molecule has 0 radical (unpaired) electrons. The third kappa shape index (κ3) is 5.17. The van der Waals surface area contributed by atoms with Crippen molar-refractivity contribution in [1.29, 1.82) is 0 Å². The molecule has 2 aliphatic rings. The van der Waals surface area contributed by atoms with E-state index in [4.69, 9.17) is 14.4 Å². The molecule has 64 heavy (non-hydrogen) atoms. The molecule has 9 aromatic carbocycles. The minimum absolute atomic E-state index is 0.273. The standard InChI is InChI=1S/C60H37N3O/c1-4-14-36(15-5-1)39-24-26-40(27-25-39)59-61-57-46-22-12-13-23-54(46)64-58(57)60(62-59)63-52-31-29-42(38-18-8-3-9-19-38)33-51(52)56-53(63)35-49-47-32-41(37-16-6-2-7-17-37)28-30-44(47)48-34-50(49)55(56)45-21-11-10-20-43(45)48/h1-33,35,48H,34H2. The zero-order valence-electron chi connectivity index (χ0n) is 34.7. The summed E-state index contributed by atoms with van der Waals surface area (Å²) in [5.41, 5.74) is 21.8. The van der Waals surface area contributed by atoms with Gasteiger partial charge in [-0.2, -0.15) is 0 Å². The Labute approximate surface area is 369 Å². The molecule has 3 aromatic heterocycles. The molecule has 0 N–H and O–H groups in total. The first-order chi connectivity index (χ1) is 31.7. The Balaban J connectivity index is 1.11. The van der Waals surface area contributed by atoms with Crippen molar-refractivity contribution in [2.75, 3.05) is 0 Å². The first-order valence-electron chi connectivity index (χ1n) is 22.1. The van der Waals surface area contributed by atoms with Crippen LogP contribution in [0.4, 0.5) is 0 Å². The van der Waals surface area contributed by atoms with E-state index in [2.05, 4.69) is 199 Å². The van der Waals surface area contributed by atoms with Gasteiger partial charge in [0.2, 0.25) is 0 Å². The van der Waals surface area contributed by atoms with Crippen LogP contribution in [-0.4, -0.2) is 14.5 Å². The lowest BCUT2D eigenvalue weighted by Crippen LogP contribution is -2.19. The Bertz CT molecular complexity index is 3850. The first kappa shape index (κ1) is 35.3. The summed E-state index contributed by atoms with van der Waals surface area (Å²) >= 11 is 0. The molecule has 12 aromatic rings. The summed E-state index contributed by atoms with van der Waals surface area (Å²) in [7, 11) is 0. The van der Waals surface area contributed by atoms with E-state index in [1.54, 1.807) is 0 Å². The summed E-state index contributed by atoms with van der Waals surface area (Å²) in [6.07, 6.45) is 0.949. The van der Waals surface area contributed by atoms with Gasteiger partial charge < -0.3 is 4.42 Å². The number of para-hydroxylation sites is 1. The second kappa shape index (κ2) is 13.6. The molecular formula is C60H37N3O. The quantitative estimate of drug-likeness (QED) is 0.174. The smallest absolute Gasteiger partial charge is 0.197 e. The van der Waals surface area contributed by atoms with E-state index in [0.717, 1.165) is 50.9 Å². The number of hydrogen-bond donors (Lipinski definition) is 0. The van der Waals surface area contributed by atoms with E-state index < -0.39 is 0 Å². The van der Waals surface area contributed by atoms with Crippen LogP contribution >= 0.6 is 0 Å². The van der Waals surface area contributed by atoms with Gasteiger partial charge in [0.15, 0.2) is 17.2 Å². The van der Waals surface area contributed by atoms with Crippen molar-refractivity contribution in [1.82, 2.24) is 14.5 Å². The third-order valence-electron chi connectivity index (χ3n) is 13.8. The molecule has 2 aliphatic carbocycles. The number of hydrogen-bond acceptors (Lipinski definition) is 3. The third-order valence-corrected chi connectivity index (χ3v) is 13.8. The highest BCUT2D eigenvalue weighted by Crippen LogP contribution is 2.56. The highest BCUT2D eigenvalue weighted by molar-refractivity contribution is 6.20. The van der Waals surface area contributed by atoms with E-state index in [9.17, 15) is 0 Å². The molecule has 0 amide bonds. The van der Waals surface area contributed by atoms with Gasteiger partial charge in [-0.05, 0) is 115 Å². The number of benzene rings is 9. The van der Waals surface area contributed by atoms with Gasteiger partial charge in [0, 0.05) is 27.6 Å². The van der Waals surface area contributed by atoms with Crippen LogP contribution in [-0.2, 0) is 6.42 Å². The Hall–Kier alpha value is -8.34. The summed E-state index contributed by atoms with van der Waals surface area (Å²) in [6.45, 7) is 0. The second-order valence-corrected chi connectivity index (χ2v) is 17.2. The van der Waals surface area contributed by atoms with Crippen LogP contribution in [0, 0.1) is 0 Å². The molecule has 0 saturated carbocycles. The highest BCUT2D eigenvalue weighted by Gasteiger charge is 2.37. The predicted molar refractivity (Wildman–Crippen MR) is 262 cm³/mol. The molecule has 3 heterocycles. The summed E-state index contributed by atoms with van der Waals surface area (Å²) in [5, 5.41) is 3.38. The lowest BCUT2D eigenvalue weighted by Gasteiger charge is -2.36. The van der Waals surface area contributed by atoms with Crippen LogP contribution < -0.4 is 0 Å². The molecule has 298 valence electrons. The average molecular weight is 816 g/mol. The van der Waals surface area contributed by atoms with Crippen molar-refractivity contribution < 1.29 is 4.42 Å².